The summed E-state index contributed by atoms with van der Waals surface area (Å²) in [4.78, 5) is 54.6. The molecule has 9 nitrogen and oxygen atoms in total. The van der Waals surface area contributed by atoms with Crippen LogP contribution in [0.1, 0.15) is 43.1 Å². The zero-order valence-electron chi connectivity index (χ0n) is 15.2. The Labute approximate surface area is 150 Å². The van der Waals surface area contributed by atoms with Crippen LogP contribution in [0.2, 0.25) is 0 Å². The fourth-order valence-electron chi connectivity index (χ4n) is 3.30. The van der Waals surface area contributed by atoms with Gasteiger partial charge in [-0.2, -0.15) is 0 Å². The summed E-state index contributed by atoms with van der Waals surface area (Å²) in [5.74, 6) is -0.389. The Morgan fingerprint density at radius 3 is 2.31 bits per heavy atom. The van der Waals surface area contributed by atoms with Crippen LogP contribution in [0.25, 0.3) is 0 Å². The van der Waals surface area contributed by atoms with Crippen LogP contribution in [0, 0.1) is 5.92 Å². The molecule has 1 saturated carbocycles. The fraction of sp³-hybridized carbons (Fsp3) is 0.647. The van der Waals surface area contributed by atoms with E-state index in [1.54, 1.807) is 4.90 Å². The van der Waals surface area contributed by atoms with Gasteiger partial charge >= 0.3 is 5.69 Å². The molecule has 2 aliphatic rings. The lowest BCUT2D eigenvalue weighted by Gasteiger charge is -2.35. The van der Waals surface area contributed by atoms with Crippen molar-refractivity contribution >= 4 is 17.5 Å². The van der Waals surface area contributed by atoms with Crippen LogP contribution in [0.4, 0.5) is 5.82 Å². The lowest BCUT2D eigenvalue weighted by Crippen LogP contribution is -2.51. The van der Waals surface area contributed by atoms with Gasteiger partial charge in [-0.1, -0.05) is 13.8 Å². The average molecular weight is 363 g/mol. The van der Waals surface area contributed by atoms with Gasteiger partial charge in [0.15, 0.2) is 5.78 Å². The maximum absolute atomic E-state index is 12.6. The molecule has 2 heterocycles. The predicted octanol–water partition coefficient (Wildman–Crippen LogP) is -0.563. The number of hydrogen-bond donors (Lipinski definition) is 2. The van der Waals surface area contributed by atoms with E-state index in [1.807, 2.05) is 18.7 Å². The molecule has 0 radical (unpaired) electrons. The highest BCUT2D eigenvalue weighted by Gasteiger charge is 2.31. The van der Waals surface area contributed by atoms with Crippen molar-refractivity contribution < 1.29 is 9.59 Å². The summed E-state index contributed by atoms with van der Waals surface area (Å²) in [5, 5.41) is 0. The Bertz CT molecular complexity index is 829. The Hall–Kier alpha value is -2.42. The number of ketones is 1. The van der Waals surface area contributed by atoms with Crippen LogP contribution >= 0.6 is 0 Å². The van der Waals surface area contributed by atoms with Gasteiger partial charge in [-0.3, -0.25) is 28.8 Å². The smallest absolute Gasteiger partial charge is 0.330 e. The molecule has 3 rings (SSSR count). The van der Waals surface area contributed by atoms with E-state index in [-0.39, 0.29) is 35.8 Å². The lowest BCUT2D eigenvalue weighted by molar-refractivity contribution is -0.136. The standard InChI is InChI=1S/C17H25N5O4/c1-10(2)16(25)21-7-5-20(6-8-21)9-12(23)13-14(18)22(11-3-4-11)17(26)19-15(13)24/h10-11H,3-9,18H2,1-2H3,(H,19,24,26). The molecular formula is C17H25N5O4. The quantitative estimate of drug-likeness (QED) is 0.676. The zero-order chi connectivity index (χ0) is 19.0. The second kappa shape index (κ2) is 7.06. The number of anilines is 1. The first-order chi connectivity index (χ1) is 12.3. The first kappa shape index (κ1) is 18.4. The van der Waals surface area contributed by atoms with Crippen molar-refractivity contribution in [1.29, 1.82) is 0 Å². The molecule has 1 amide bonds. The number of H-pyrrole nitrogens is 1. The number of nitrogen functional groups attached to an aromatic ring is 1. The highest BCUT2D eigenvalue weighted by atomic mass is 16.2. The van der Waals surface area contributed by atoms with Gasteiger partial charge in [0.2, 0.25) is 5.91 Å². The number of amides is 1. The number of Topliss-reactive ketones (excluding diaryl/α,β-unsaturated/α-hetero) is 1. The van der Waals surface area contributed by atoms with Crippen LogP contribution < -0.4 is 17.0 Å². The summed E-state index contributed by atoms with van der Waals surface area (Å²) in [6.45, 7) is 5.99. The lowest BCUT2D eigenvalue weighted by atomic mass is 10.1. The Kier molecular flexibility index (Phi) is 4.99. The minimum Gasteiger partial charge on any atom is -0.384 e. The topological polar surface area (TPSA) is 121 Å². The molecule has 2 fully saturated rings. The first-order valence-electron chi connectivity index (χ1n) is 8.98. The maximum Gasteiger partial charge on any atom is 0.330 e. The van der Waals surface area contributed by atoms with Gasteiger partial charge in [0.25, 0.3) is 5.56 Å². The van der Waals surface area contributed by atoms with Crippen LogP contribution in [-0.2, 0) is 4.79 Å². The largest absolute Gasteiger partial charge is 0.384 e. The Morgan fingerprint density at radius 2 is 1.77 bits per heavy atom. The van der Waals surface area contributed by atoms with Gasteiger partial charge in [0.05, 0.1) is 6.54 Å². The minimum absolute atomic E-state index is 0.0310. The van der Waals surface area contributed by atoms with Crippen LogP contribution in [0.5, 0.6) is 0 Å². The summed E-state index contributed by atoms with van der Waals surface area (Å²) in [7, 11) is 0. The van der Waals surface area contributed by atoms with Gasteiger partial charge in [0, 0.05) is 38.1 Å². The molecule has 0 spiro atoms. The second-order valence-electron chi connectivity index (χ2n) is 7.30. The van der Waals surface area contributed by atoms with Crippen molar-refractivity contribution in [2.45, 2.75) is 32.7 Å². The summed E-state index contributed by atoms with van der Waals surface area (Å²) in [6, 6.07) is -0.0310. The predicted molar refractivity (Wildman–Crippen MR) is 96.2 cm³/mol. The van der Waals surface area contributed by atoms with Crippen molar-refractivity contribution in [2.75, 3.05) is 38.5 Å². The summed E-state index contributed by atoms with van der Waals surface area (Å²) in [5.41, 5.74) is 4.54. The summed E-state index contributed by atoms with van der Waals surface area (Å²) in [6.07, 6.45) is 1.63. The third kappa shape index (κ3) is 3.57. The molecule has 1 saturated heterocycles. The van der Waals surface area contributed by atoms with E-state index in [2.05, 4.69) is 4.98 Å². The number of aromatic nitrogens is 2. The average Bonchev–Trinajstić information content (AvgIpc) is 3.39. The number of nitrogens with one attached hydrogen (secondary N) is 1. The number of piperazine rings is 1. The zero-order valence-corrected chi connectivity index (χ0v) is 15.2. The minimum atomic E-state index is -0.733. The van der Waals surface area contributed by atoms with Crippen molar-refractivity contribution in [3.05, 3.63) is 26.4 Å². The van der Waals surface area contributed by atoms with E-state index in [9.17, 15) is 19.2 Å². The van der Waals surface area contributed by atoms with Crippen LogP contribution in [0.3, 0.4) is 0 Å². The Morgan fingerprint density at radius 1 is 1.15 bits per heavy atom. The molecule has 0 unspecified atom stereocenters. The van der Waals surface area contributed by atoms with E-state index in [0.29, 0.717) is 26.2 Å². The molecule has 1 aromatic heterocycles. The van der Waals surface area contributed by atoms with Gasteiger partial charge in [-0.25, -0.2) is 4.79 Å². The number of aromatic amines is 1. The number of carbonyl (C=O) groups excluding carboxylic acids is 2. The van der Waals surface area contributed by atoms with Crippen molar-refractivity contribution in [3.63, 3.8) is 0 Å². The van der Waals surface area contributed by atoms with E-state index in [1.165, 1.54) is 4.57 Å². The normalized spacial score (nSPS) is 18.3. The second-order valence-corrected chi connectivity index (χ2v) is 7.30. The van der Waals surface area contributed by atoms with E-state index in [0.717, 1.165) is 12.8 Å². The summed E-state index contributed by atoms with van der Waals surface area (Å²) < 4.78 is 1.31. The third-order valence-electron chi connectivity index (χ3n) is 4.92. The molecule has 3 N–H and O–H groups in total. The van der Waals surface area contributed by atoms with E-state index in [4.69, 9.17) is 5.73 Å². The maximum atomic E-state index is 12.6. The molecular weight excluding hydrogens is 338 g/mol. The van der Waals surface area contributed by atoms with Gasteiger partial charge in [-0.05, 0) is 12.8 Å². The molecule has 0 bridgehead atoms. The number of nitrogens with zero attached hydrogens (tertiary/aromatic N) is 3. The SMILES string of the molecule is CC(C)C(=O)N1CCN(CC(=O)c2c(N)n(C3CC3)c(=O)[nH]c2=O)CC1. The number of nitrogens with two attached hydrogens (primary N) is 1. The van der Waals surface area contributed by atoms with Crippen LogP contribution in [-0.4, -0.2) is 63.8 Å². The first-order valence-corrected chi connectivity index (χ1v) is 8.98. The van der Waals surface area contributed by atoms with E-state index >= 15 is 0 Å². The van der Waals surface area contributed by atoms with Gasteiger partial charge < -0.3 is 10.6 Å². The summed E-state index contributed by atoms with van der Waals surface area (Å²) >= 11 is 0. The molecule has 1 aromatic rings. The molecule has 26 heavy (non-hydrogen) atoms. The molecule has 142 valence electrons. The molecule has 0 atom stereocenters. The van der Waals surface area contributed by atoms with Gasteiger partial charge in [0.1, 0.15) is 11.4 Å². The van der Waals surface area contributed by atoms with Gasteiger partial charge in [-0.15, -0.1) is 0 Å². The Balaban J connectivity index is 1.70. The molecule has 1 aliphatic carbocycles. The number of hydrogen-bond acceptors (Lipinski definition) is 6. The third-order valence-corrected chi connectivity index (χ3v) is 4.92. The fourth-order valence-corrected chi connectivity index (χ4v) is 3.30. The molecule has 9 heteroatoms. The highest BCUT2D eigenvalue weighted by Crippen LogP contribution is 2.35. The molecule has 1 aliphatic heterocycles. The number of rotatable bonds is 5. The highest BCUT2D eigenvalue weighted by molar-refractivity contribution is 6.01. The van der Waals surface area contributed by atoms with Crippen LogP contribution in [0.15, 0.2) is 9.59 Å². The van der Waals surface area contributed by atoms with Crippen molar-refractivity contribution in [3.8, 4) is 0 Å². The van der Waals surface area contributed by atoms with E-state index < -0.39 is 17.0 Å². The van der Waals surface area contributed by atoms with Crippen molar-refractivity contribution in [2.24, 2.45) is 5.92 Å². The number of carbonyl (C=O) groups is 2. The van der Waals surface area contributed by atoms with Crippen molar-refractivity contribution in [1.82, 2.24) is 19.4 Å². The monoisotopic (exact) mass is 363 g/mol. The molecule has 0 aromatic carbocycles.